The second-order valence-corrected chi connectivity index (χ2v) is 4.11. The first-order valence-corrected chi connectivity index (χ1v) is 5.71. The molecule has 0 saturated heterocycles. The van der Waals surface area contributed by atoms with Crippen LogP contribution in [0.25, 0.3) is 11.1 Å². The van der Waals surface area contributed by atoms with Crippen molar-refractivity contribution < 1.29 is 17.9 Å². The van der Waals surface area contributed by atoms with E-state index in [1.165, 1.54) is 19.2 Å². The van der Waals surface area contributed by atoms with Gasteiger partial charge in [-0.2, -0.15) is 18.4 Å². The summed E-state index contributed by atoms with van der Waals surface area (Å²) >= 11 is 0. The molecule has 0 radical (unpaired) electrons. The minimum Gasteiger partial charge on any atom is -0.496 e. The summed E-state index contributed by atoms with van der Waals surface area (Å²) in [6, 6.07) is 11.5. The van der Waals surface area contributed by atoms with Crippen molar-refractivity contribution >= 4 is 0 Å². The lowest BCUT2D eigenvalue weighted by molar-refractivity contribution is -0.137. The zero-order valence-corrected chi connectivity index (χ0v) is 10.5. The summed E-state index contributed by atoms with van der Waals surface area (Å²) in [5.41, 5.74) is 0.434. The molecule has 0 heterocycles. The molecule has 2 rings (SSSR count). The molecule has 0 N–H and O–H groups in total. The van der Waals surface area contributed by atoms with Crippen molar-refractivity contribution in [1.82, 2.24) is 0 Å². The van der Waals surface area contributed by atoms with Gasteiger partial charge in [0.15, 0.2) is 0 Å². The Kier molecular flexibility index (Phi) is 3.66. The molecule has 0 saturated carbocycles. The third kappa shape index (κ3) is 2.75. The zero-order valence-electron chi connectivity index (χ0n) is 10.5. The van der Waals surface area contributed by atoms with E-state index in [-0.39, 0.29) is 0 Å². The summed E-state index contributed by atoms with van der Waals surface area (Å²) < 4.78 is 43.3. The maximum Gasteiger partial charge on any atom is 0.416 e. The van der Waals surface area contributed by atoms with Crippen molar-refractivity contribution in [2.45, 2.75) is 6.18 Å². The van der Waals surface area contributed by atoms with Crippen LogP contribution in [0.1, 0.15) is 11.1 Å². The Morgan fingerprint density at radius 1 is 1.10 bits per heavy atom. The van der Waals surface area contributed by atoms with Crippen molar-refractivity contribution in [1.29, 1.82) is 5.26 Å². The van der Waals surface area contributed by atoms with Gasteiger partial charge in [-0.05, 0) is 35.9 Å². The van der Waals surface area contributed by atoms with Gasteiger partial charge in [-0.3, -0.25) is 0 Å². The second kappa shape index (κ2) is 5.25. The molecule has 0 aliphatic heterocycles. The van der Waals surface area contributed by atoms with Crippen molar-refractivity contribution in [2.75, 3.05) is 7.11 Å². The third-order valence-corrected chi connectivity index (χ3v) is 2.83. The van der Waals surface area contributed by atoms with E-state index in [0.29, 0.717) is 22.4 Å². The lowest BCUT2D eigenvalue weighted by Gasteiger charge is -2.12. The first kappa shape index (κ1) is 13.9. The Balaban J connectivity index is 2.59. The molecule has 0 spiro atoms. The van der Waals surface area contributed by atoms with E-state index in [1.807, 2.05) is 6.07 Å². The summed E-state index contributed by atoms with van der Waals surface area (Å²) in [5.74, 6) is 0.420. The SMILES string of the molecule is COc1ccc(C#N)cc1-c1cccc(C(F)(F)F)c1. The number of nitrogens with zero attached hydrogens (tertiary/aromatic N) is 1. The molecule has 0 aliphatic carbocycles. The average Bonchev–Trinajstić information content (AvgIpc) is 2.45. The van der Waals surface area contributed by atoms with Crippen LogP contribution in [0, 0.1) is 11.3 Å². The number of methoxy groups -OCH3 is 1. The fourth-order valence-corrected chi connectivity index (χ4v) is 1.87. The fourth-order valence-electron chi connectivity index (χ4n) is 1.87. The molecule has 0 bridgehead atoms. The van der Waals surface area contributed by atoms with Gasteiger partial charge < -0.3 is 4.74 Å². The minimum absolute atomic E-state index is 0.355. The minimum atomic E-state index is -4.41. The molecule has 2 aromatic rings. The van der Waals surface area contributed by atoms with Gasteiger partial charge in [-0.15, -0.1) is 0 Å². The van der Waals surface area contributed by atoms with Gasteiger partial charge in [-0.25, -0.2) is 0 Å². The second-order valence-electron chi connectivity index (χ2n) is 4.11. The van der Waals surface area contributed by atoms with Gasteiger partial charge in [-0.1, -0.05) is 12.1 Å². The van der Waals surface area contributed by atoms with Crippen LogP contribution in [0.5, 0.6) is 5.75 Å². The van der Waals surface area contributed by atoms with Gasteiger partial charge in [0, 0.05) is 5.56 Å². The quantitative estimate of drug-likeness (QED) is 0.822. The standard InChI is InChI=1S/C15H10F3NO/c1-20-14-6-5-10(9-19)7-13(14)11-3-2-4-12(8-11)15(16,17)18/h2-8H,1H3. The molecule has 20 heavy (non-hydrogen) atoms. The van der Waals surface area contributed by atoms with Crippen LogP contribution in [0.2, 0.25) is 0 Å². The van der Waals surface area contributed by atoms with Crippen LogP contribution in [0.15, 0.2) is 42.5 Å². The number of benzene rings is 2. The molecule has 0 amide bonds. The largest absolute Gasteiger partial charge is 0.496 e. The molecule has 2 nitrogen and oxygen atoms in total. The summed E-state index contributed by atoms with van der Waals surface area (Å²) in [5, 5.41) is 8.89. The van der Waals surface area contributed by atoms with Crippen molar-refractivity contribution in [2.24, 2.45) is 0 Å². The van der Waals surface area contributed by atoms with Crippen LogP contribution < -0.4 is 4.74 Å². The van der Waals surface area contributed by atoms with Gasteiger partial charge >= 0.3 is 6.18 Å². The van der Waals surface area contributed by atoms with Gasteiger partial charge in [0.05, 0.1) is 24.3 Å². The molecular formula is C15H10F3NO. The average molecular weight is 277 g/mol. The number of hydrogen-bond acceptors (Lipinski definition) is 2. The van der Waals surface area contributed by atoms with Gasteiger partial charge in [0.25, 0.3) is 0 Å². The summed E-state index contributed by atoms with van der Waals surface area (Å²) in [6.07, 6.45) is -4.41. The number of nitriles is 1. The highest BCUT2D eigenvalue weighted by Crippen LogP contribution is 2.35. The molecule has 0 atom stereocenters. The first-order chi connectivity index (χ1) is 9.45. The monoisotopic (exact) mass is 277 g/mol. The van der Waals surface area contributed by atoms with Crippen molar-refractivity contribution in [3.8, 4) is 22.9 Å². The highest BCUT2D eigenvalue weighted by Gasteiger charge is 2.30. The zero-order chi connectivity index (χ0) is 14.8. The summed E-state index contributed by atoms with van der Waals surface area (Å²) in [6.45, 7) is 0. The van der Waals surface area contributed by atoms with E-state index in [4.69, 9.17) is 10.00 Å². The predicted octanol–water partition coefficient (Wildman–Crippen LogP) is 4.25. The van der Waals surface area contributed by atoms with E-state index >= 15 is 0 Å². The number of alkyl halides is 3. The van der Waals surface area contributed by atoms with E-state index in [9.17, 15) is 13.2 Å². The number of hydrogen-bond donors (Lipinski definition) is 0. The van der Waals surface area contributed by atoms with E-state index in [0.717, 1.165) is 12.1 Å². The van der Waals surface area contributed by atoms with Crippen LogP contribution >= 0.6 is 0 Å². The van der Waals surface area contributed by atoms with E-state index in [2.05, 4.69) is 0 Å². The van der Waals surface area contributed by atoms with Crippen molar-refractivity contribution in [3.63, 3.8) is 0 Å². The van der Waals surface area contributed by atoms with Crippen molar-refractivity contribution in [3.05, 3.63) is 53.6 Å². The van der Waals surface area contributed by atoms with E-state index in [1.54, 1.807) is 18.2 Å². The molecule has 0 fully saturated rings. The lowest BCUT2D eigenvalue weighted by Crippen LogP contribution is -2.04. The number of ether oxygens (including phenoxy) is 1. The smallest absolute Gasteiger partial charge is 0.416 e. The van der Waals surface area contributed by atoms with Crippen LogP contribution in [0.4, 0.5) is 13.2 Å². The molecule has 5 heteroatoms. The topological polar surface area (TPSA) is 33.0 Å². The Morgan fingerprint density at radius 3 is 2.45 bits per heavy atom. The maximum atomic E-state index is 12.7. The Labute approximate surface area is 114 Å². The predicted molar refractivity (Wildman–Crippen MR) is 68.1 cm³/mol. The Hall–Kier alpha value is -2.48. The highest BCUT2D eigenvalue weighted by atomic mass is 19.4. The normalized spacial score (nSPS) is 10.9. The number of rotatable bonds is 2. The molecule has 0 aliphatic rings. The molecule has 2 aromatic carbocycles. The highest BCUT2D eigenvalue weighted by molar-refractivity contribution is 5.72. The molecule has 0 aromatic heterocycles. The van der Waals surface area contributed by atoms with Gasteiger partial charge in [0.2, 0.25) is 0 Å². The molecule has 0 unspecified atom stereocenters. The Morgan fingerprint density at radius 2 is 1.85 bits per heavy atom. The summed E-state index contributed by atoms with van der Waals surface area (Å²) in [7, 11) is 1.43. The van der Waals surface area contributed by atoms with Crippen LogP contribution in [-0.2, 0) is 6.18 Å². The molecule has 102 valence electrons. The number of halogens is 3. The van der Waals surface area contributed by atoms with Gasteiger partial charge in [0.1, 0.15) is 5.75 Å². The van der Waals surface area contributed by atoms with E-state index < -0.39 is 11.7 Å². The van der Waals surface area contributed by atoms with Crippen LogP contribution in [0.3, 0.4) is 0 Å². The first-order valence-electron chi connectivity index (χ1n) is 5.71. The summed E-state index contributed by atoms with van der Waals surface area (Å²) in [4.78, 5) is 0. The molecular weight excluding hydrogens is 267 g/mol. The maximum absolute atomic E-state index is 12.7. The third-order valence-electron chi connectivity index (χ3n) is 2.83. The van der Waals surface area contributed by atoms with Crippen LogP contribution in [-0.4, -0.2) is 7.11 Å². The fraction of sp³-hybridized carbons (Fsp3) is 0.133. The lowest BCUT2D eigenvalue weighted by atomic mass is 10.00. The Bertz CT molecular complexity index is 672.